The molecule has 0 bridgehead atoms. The summed E-state index contributed by atoms with van der Waals surface area (Å²) in [7, 11) is 1.90. The van der Waals surface area contributed by atoms with Gasteiger partial charge in [-0.2, -0.15) is 5.10 Å². The maximum atomic E-state index is 13.8. The average molecular weight is 543 g/mol. The maximum absolute atomic E-state index is 13.8. The number of hydrogen-bond acceptors (Lipinski definition) is 5. The molecular weight excluding hydrogens is 500 g/mol. The van der Waals surface area contributed by atoms with E-state index in [2.05, 4.69) is 22.2 Å². The Labute approximate surface area is 237 Å². The third-order valence-electron chi connectivity index (χ3n) is 8.29. The van der Waals surface area contributed by atoms with Gasteiger partial charge in [0.05, 0.1) is 24.1 Å². The number of piperazine rings is 1. The van der Waals surface area contributed by atoms with Crippen LogP contribution < -0.4 is 10.2 Å². The first-order valence-electron chi connectivity index (χ1n) is 14.7. The van der Waals surface area contributed by atoms with Crippen LogP contribution in [-0.4, -0.2) is 64.1 Å². The number of unbranched alkanes of at least 4 members (excludes halogenated alkanes) is 3. The summed E-state index contributed by atoms with van der Waals surface area (Å²) < 4.78 is 1.80. The van der Waals surface area contributed by atoms with Crippen molar-refractivity contribution in [1.29, 1.82) is 0 Å². The first kappa shape index (κ1) is 27.9. The van der Waals surface area contributed by atoms with Crippen LogP contribution in [0.15, 0.2) is 48.7 Å². The number of para-hydroxylation sites is 2. The van der Waals surface area contributed by atoms with E-state index in [1.165, 1.54) is 25.7 Å². The zero-order chi connectivity index (χ0) is 28.1. The molecule has 2 aromatic carbocycles. The highest BCUT2D eigenvalue weighted by atomic mass is 16.2. The van der Waals surface area contributed by atoms with Gasteiger partial charge < -0.3 is 15.1 Å². The van der Waals surface area contributed by atoms with Gasteiger partial charge in [0.15, 0.2) is 0 Å². The summed E-state index contributed by atoms with van der Waals surface area (Å²) in [5.41, 5.74) is 5.49. The van der Waals surface area contributed by atoms with Crippen molar-refractivity contribution in [2.45, 2.75) is 58.9 Å². The monoisotopic (exact) mass is 542 g/mol. The second-order valence-electron chi connectivity index (χ2n) is 11.1. The van der Waals surface area contributed by atoms with E-state index >= 15 is 0 Å². The average Bonchev–Trinajstić information content (AvgIpc) is 3.22. The van der Waals surface area contributed by atoms with Crippen molar-refractivity contribution >= 4 is 29.0 Å². The van der Waals surface area contributed by atoms with Crippen LogP contribution in [0.2, 0.25) is 0 Å². The number of aromatic nitrogens is 2. The number of amides is 2. The number of hydrogen-bond donors (Lipinski definition) is 1. The molecule has 1 aromatic heterocycles. The lowest BCUT2D eigenvalue weighted by Crippen LogP contribution is -2.48. The Bertz CT molecular complexity index is 1340. The largest absolute Gasteiger partial charge is 0.340 e. The maximum Gasteiger partial charge on any atom is 0.258 e. The van der Waals surface area contributed by atoms with Crippen LogP contribution in [0.1, 0.15) is 66.1 Å². The standard InChI is InChI=1S/C32H42N6O2/c1-4-5-6-9-16-36-17-19-37(20-18-36)30(39)15-14-25-12-13-26(21-24(25)2)32(40)38-23-27-22-33-35(3)31(27)34-28-10-7-8-11-29(28)38/h7-8,10-13,21-22,34H,4-6,9,14-20,23H2,1-3H3. The minimum absolute atomic E-state index is 0.0516. The van der Waals surface area contributed by atoms with Crippen LogP contribution in [0.4, 0.5) is 17.2 Å². The lowest BCUT2D eigenvalue weighted by atomic mass is 10.00. The van der Waals surface area contributed by atoms with Crippen LogP contribution in [0.3, 0.4) is 0 Å². The van der Waals surface area contributed by atoms with Crippen LogP contribution in [0.5, 0.6) is 0 Å². The third-order valence-corrected chi connectivity index (χ3v) is 8.29. The second kappa shape index (κ2) is 12.7. The lowest BCUT2D eigenvalue weighted by Gasteiger charge is -2.34. The summed E-state index contributed by atoms with van der Waals surface area (Å²) in [6, 6.07) is 13.7. The van der Waals surface area contributed by atoms with Crippen molar-refractivity contribution in [3.8, 4) is 0 Å². The highest BCUT2D eigenvalue weighted by Crippen LogP contribution is 2.36. The summed E-state index contributed by atoms with van der Waals surface area (Å²) in [6.07, 6.45) is 8.12. The Kier molecular flexibility index (Phi) is 8.85. The third kappa shape index (κ3) is 6.22. The molecule has 1 fully saturated rings. The normalized spacial score (nSPS) is 15.3. The van der Waals surface area contributed by atoms with Crippen LogP contribution >= 0.6 is 0 Å². The number of benzene rings is 2. The van der Waals surface area contributed by atoms with E-state index in [9.17, 15) is 9.59 Å². The van der Waals surface area contributed by atoms with E-state index in [4.69, 9.17) is 0 Å². The Balaban J connectivity index is 1.19. The summed E-state index contributed by atoms with van der Waals surface area (Å²) in [5.74, 6) is 1.07. The van der Waals surface area contributed by atoms with Gasteiger partial charge >= 0.3 is 0 Å². The predicted molar refractivity (Wildman–Crippen MR) is 160 cm³/mol. The van der Waals surface area contributed by atoms with Crippen molar-refractivity contribution in [2.24, 2.45) is 7.05 Å². The zero-order valence-corrected chi connectivity index (χ0v) is 24.2. The quantitative estimate of drug-likeness (QED) is 0.372. The molecule has 3 aromatic rings. The van der Waals surface area contributed by atoms with Gasteiger partial charge in [0, 0.05) is 50.8 Å². The molecule has 8 heteroatoms. The SMILES string of the molecule is CCCCCCN1CCN(C(=O)CCc2ccc(C(=O)N3Cc4cnn(C)c4Nc4ccccc43)cc2C)CC1. The molecule has 0 spiro atoms. The number of nitrogens with zero attached hydrogens (tertiary/aromatic N) is 5. The fourth-order valence-electron chi connectivity index (χ4n) is 5.79. The number of aryl methyl sites for hydroxylation is 3. The van der Waals surface area contributed by atoms with E-state index in [0.717, 1.165) is 66.6 Å². The minimum atomic E-state index is -0.0516. The molecule has 2 aliphatic heterocycles. The van der Waals surface area contributed by atoms with E-state index in [0.29, 0.717) is 24.9 Å². The molecule has 0 unspecified atom stereocenters. The fourth-order valence-corrected chi connectivity index (χ4v) is 5.79. The first-order chi connectivity index (χ1) is 19.4. The number of carbonyl (C=O) groups excluding carboxylic acids is 2. The molecule has 1 saturated heterocycles. The van der Waals surface area contributed by atoms with E-state index in [1.807, 2.05) is 72.4 Å². The highest BCUT2D eigenvalue weighted by Gasteiger charge is 2.27. The molecule has 2 aliphatic rings. The first-order valence-corrected chi connectivity index (χ1v) is 14.7. The number of anilines is 3. The van der Waals surface area contributed by atoms with Gasteiger partial charge in [0.25, 0.3) is 5.91 Å². The highest BCUT2D eigenvalue weighted by molar-refractivity contribution is 6.08. The smallest absolute Gasteiger partial charge is 0.258 e. The molecule has 0 saturated carbocycles. The summed E-state index contributed by atoms with van der Waals surface area (Å²) in [5, 5.41) is 7.82. The molecule has 40 heavy (non-hydrogen) atoms. The predicted octanol–water partition coefficient (Wildman–Crippen LogP) is 5.29. The summed E-state index contributed by atoms with van der Waals surface area (Å²) in [6.45, 7) is 9.46. The molecule has 212 valence electrons. The molecule has 1 N–H and O–H groups in total. The van der Waals surface area contributed by atoms with Gasteiger partial charge in [-0.15, -0.1) is 0 Å². The van der Waals surface area contributed by atoms with Crippen LogP contribution in [-0.2, 0) is 24.8 Å². The van der Waals surface area contributed by atoms with Crippen molar-refractivity contribution in [3.05, 3.63) is 70.9 Å². The zero-order valence-electron chi connectivity index (χ0n) is 24.2. The van der Waals surface area contributed by atoms with Crippen LogP contribution in [0, 0.1) is 6.92 Å². The number of fused-ring (bicyclic) bond motifs is 2. The van der Waals surface area contributed by atoms with E-state index < -0.39 is 0 Å². The summed E-state index contributed by atoms with van der Waals surface area (Å²) >= 11 is 0. The van der Waals surface area contributed by atoms with Gasteiger partial charge in [-0.1, -0.05) is 44.4 Å². The van der Waals surface area contributed by atoms with Gasteiger partial charge in [-0.05, 0) is 61.7 Å². The molecular formula is C32H42N6O2. The van der Waals surface area contributed by atoms with Gasteiger partial charge in [0.2, 0.25) is 5.91 Å². The Morgan fingerprint density at radius 1 is 1.00 bits per heavy atom. The van der Waals surface area contributed by atoms with Crippen molar-refractivity contribution in [1.82, 2.24) is 19.6 Å². The molecule has 0 atom stereocenters. The van der Waals surface area contributed by atoms with E-state index in [1.54, 1.807) is 4.68 Å². The molecule has 5 rings (SSSR count). The Morgan fingerprint density at radius 3 is 2.58 bits per heavy atom. The number of carbonyl (C=O) groups is 2. The van der Waals surface area contributed by atoms with Crippen molar-refractivity contribution < 1.29 is 9.59 Å². The summed E-state index contributed by atoms with van der Waals surface area (Å²) in [4.78, 5) is 33.1. The minimum Gasteiger partial charge on any atom is -0.340 e. The topological polar surface area (TPSA) is 73.7 Å². The second-order valence-corrected chi connectivity index (χ2v) is 11.1. The Morgan fingerprint density at radius 2 is 1.80 bits per heavy atom. The van der Waals surface area contributed by atoms with E-state index in [-0.39, 0.29) is 11.8 Å². The number of nitrogens with one attached hydrogen (secondary N) is 1. The van der Waals surface area contributed by atoms with Gasteiger partial charge in [-0.25, -0.2) is 0 Å². The van der Waals surface area contributed by atoms with Crippen molar-refractivity contribution in [3.63, 3.8) is 0 Å². The molecule has 0 aliphatic carbocycles. The molecule has 0 radical (unpaired) electrons. The number of rotatable bonds is 9. The molecule has 2 amide bonds. The van der Waals surface area contributed by atoms with Gasteiger partial charge in [-0.3, -0.25) is 19.2 Å². The molecule has 8 nitrogen and oxygen atoms in total. The van der Waals surface area contributed by atoms with Crippen molar-refractivity contribution in [2.75, 3.05) is 42.9 Å². The fraction of sp³-hybridized carbons (Fsp3) is 0.469. The van der Waals surface area contributed by atoms with Crippen LogP contribution in [0.25, 0.3) is 0 Å². The lowest BCUT2D eigenvalue weighted by molar-refractivity contribution is -0.132. The Hall–Kier alpha value is -3.65. The molecule has 3 heterocycles. The van der Waals surface area contributed by atoms with Gasteiger partial charge in [0.1, 0.15) is 5.82 Å².